The summed E-state index contributed by atoms with van der Waals surface area (Å²) >= 11 is 0. The van der Waals surface area contributed by atoms with E-state index in [0.29, 0.717) is 18.7 Å². The Hall–Kier alpha value is -1.89. The van der Waals surface area contributed by atoms with Gasteiger partial charge < -0.3 is 4.90 Å². The number of carbonyl (C=O) groups excluding carboxylic acids is 1. The molecule has 4 nitrogen and oxygen atoms in total. The van der Waals surface area contributed by atoms with Crippen molar-refractivity contribution in [1.29, 1.82) is 5.26 Å². The second-order valence-corrected chi connectivity index (χ2v) is 5.15. The number of nitriles is 1. The van der Waals surface area contributed by atoms with E-state index in [1.807, 2.05) is 30.9 Å². The van der Waals surface area contributed by atoms with Crippen LogP contribution in [0.2, 0.25) is 0 Å². The lowest BCUT2D eigenvalue weighted by Gasteiger charge is -2.34. The predicted octanol–water partition coefficient (Wildman–Crippen LogP) is 2.16. The molecule has 1 aliphatic rings. The lowest BCUT2D eigenvalue weighted by Crippen LogP contribution is -2.41. The van der Waals surface area contributed by atoms with E-state index >= 15 is 0 Å². The van der Waals surface area contributed by atoms with Crippen LogP contribution in [0.5, 0.6) is 0 Å². The van der Waals surface area contributed by atoms with E-state index in [1.165, 1.54) is 0 Å². The van der Waals surface area contributed by atoms with Crippen molar-refractivity contribution in [3.63, 3.8) is 0 Å². The van der Waals surface area contributed by atoms with E-state index in [-0.39, 0.29) is 11.3 Å². The number of pyridine rings is 1. The van der Waals surface area contributed by atoms with Gasteiger partial charge in [0.25, 0.3) is 5.91 Å². The summed E-state index contributed by atoms with van der Waals surface area (Å²) in [5.41, 5.74) is 1.26. The van der Waals surface area contributed by atoms with E-state index in [9.17, 15) is 4.79 Å². The average molecular weight is 243 g/mol. The van der Waals surface area contributed by atoms with Crippen molar-refractivity contribution in [2.45, 2.75) is 26.7 Å². The quantitative estimate of drug-likeness (QED) is 0.759. The highest BCUT2D eigenvalue weighted by atomic mass is 16.2. The standard InChI is InChI=1S/C14H17N3O/c1-11-3-4-12(9-16-11)13(18)17-7-5-14(2,10-15)6-8-17/h3-4,9H,5-8H2,1-2H3. The Morgan fingerprint density at radius 2 is 2.11 bits per heavy atom. The van der Waals surface area contributed by atoms with Gasteiger partial charge in [-0.05, 0) is 38.8 Å². The van der Waals surface area contributed by atoms with E-state index in [2.05, 4.69) is 11.1 Å². The first-order chi connectivity index (χ1) is 8.54. The molecular weight excluding hydrogens is 226 g/mol. The number of aryl methyl sites for hydroxylation is 1. The lowest BCUT2D eigenvalue weighted by molar-refractivity contribution is 0.0661. The zero-order valence-electron chi connectivity index (χ0n) is 10.8. The number of likely N-dealkylation sites (tertiary alicyclic amines) is 1. The van der Waals surface area contributed by atoms with Gasteiger partial charge in [-0.2, -0.15) is 5.26 Å². The third-order valence-electron chi connectivity index (χ3n) is 3.58. The summed E-state index contributed by atoms with van der Waals surface area (Å²) in [7, 11) is 0. The minimum atomic E-state index is -0.275. The third-order valence-corrected chi connectivity index (χ3v) is 3.58. The summed E-state index contributed by atoms with van der Waals surface area (Å²) in [4.78, 5) is 18.2. The van der Waals surface area contributed by atoms with E-state index in [0.717, 1.165) is 18.5 Å². The molecule has 0 bridgehead atoms. The van der Waals surface area contributed by atoms with Crippen molar-refractivity contribution in [2.75, 3.05) is 13.1 Å². The van der Waals surface area contributed by atoms with Crippen LogP contribution in [-0.4, -0.2) is 28.9 Å². The predicted molar refractivity (Wildman–Crippen MR) is 67.8 cm³/mol. The highest BCUT2D eigenvalue weighted by Crippen LogP contribution is 2.30. The van der Waals surface area contributed by atoms with Crippen molar-refractivity contribution in [3.05, 3.63) is 29.6 Å². The average Bonchev–Trinajstić information content (AvgIpc) is 2.40. The van der Waals surface area contributed by atoms with Crippen LogP contribution in [0.25, 0.3) is 0 Å². The number of piperidine rings is 1. The van der Waals surface area contributed by atoms with Crippen LogP contribution in [0.1, 0.15) is 35.8 Å². The Bertz CT molecular complexity index is 479. The Labute approximate surface area is 107 Å². The smallest absolute Gasteiger partial charge is 0.255 e. The summed E-state index contributed by atoms with van der Waals surface area (Å²) in [6.07, 6.45) is 3.11. The summed E-state index contributed by atoms with van der Waals surface area (Å²) in [5, 5.41) is 9.06. The Balaban J connectivity index is 2.04. The second kappa shape index (κ2) is 4.77. The van der Waals surface area contributed by atoms with Gasteiger partial charge in [0.2, 0.25) is 0 Å². The van der Waals surface area contributed by atoms with Crippen LogP contribution in [0.3, 0.4) is 0 Å². The molecule has 1 saturated heterocycles. The summed E-state index contributed by atoms with van der Waals surface area (Å²) in [5.74, 6) is 0.0162. The molecule has 2 heterocycles. The van der Waals surface area contributed by atoms with Gasteiger partial charge in [-0.25, -0.2) is 0 Å². The van der Waals surface area contributed by atoms with Crippen LogP contribution in [-0.2, 0) is 0 Å². The van der Waals surface area contributed by atoms with Gasteiger partial charge in [-0.1, -0.05) is 0 Å². The number of nitrogens with zero attached hydrogens (tertiary/aromatic N) is 3. The van der Waals surface area contributed by atoms with Gasteiger partial charge in [0, 0.05) is 25.0 Å². The topological polar surface area (TPSA) is 57.0 Å². The highest BCUT2D eigenvalue weighted by molar-refractivity contribution is 5.94. The summed E-state index contributed by atoms with van der Waals surface area (Å²) < 4.78 is 0. The van der Waals surface area contributed by atoms with Gasteiger partial charge in [-0.15, -0.1) is 0 Å². The van der Waals surface area contributed by atoms with Crippen LogP contribution in [0.15, 0.2) is 18.3 Å². The van der Waals surface area contributed by atoms with Crippen LogP contribution < -0.4 is 0 Å². The maximum atomic E-state index is 12.2. The monoisotopic (exact) mass is 243 g/mol. The van der Waals surface area contributed by atoms with E-state index in [1.54, 1.807) is 6.20 Å². The number of aromatic nitrogens is 1. The molecule has 1 aromatic rings. The number of amides is 1. The first-order valence-corrected chi connectivity index (χ1v) is 6.17. The molecule has 0 unspecified atom stereocenters. The molecule has 1 aliphatic heterocycles. The van der Waals surface area contributed by atoms with Crippen LogP contribution >= 0.6 is 0 Å². The molecule has 0 spiro atoms. The van der Waals surface area contributed by atoms with Gasteiger partial charge in [0.05, 0.1) is 17.0 Å². The molecule has 0 radical (unpaired) electrons. The maximum Gasteiger partial charge on any atom is 0.255 e. The summed E-state index contributed by atoms with van der Waals surface area (Å²) in [6.45, 7) is 5.16. The zero-order valence-corrected chi connectivity index (χ0v) is 10.8. The SMILES string of the molecule is Cc1ccc(C(=O)N2CCC(C)(C#N)CC2)cn1. The number of hydrogen-bond acceptors (Lipinski definition) is 3. The lowest BCUT2D eigenvalue weighted by atomic mass is 9.82. The molecule has 0 aliphatic carbocycles. The highest BCUT2D eigenvalue weighted by Gasteiger charge is 2.32. The van der Waals surface area contributed by atoms with Crippen molar-refractivity contribution >= 4 is 5.91 Å². The van der Waals surface area contributed by atoms with Crippen molar-refractivity contribution in [3.8, 4) is 6.07 Å². The molecule has 2 rings (SSSR count). The molecule has 1 fully saturated rings. The fourth-order valence-corrected chi connectivity index (χ4v) is 2.09. The van der Waals surface area contributed by atoms with Crippen LogP contribution in [0, 0.1) is 23.7 Å². The Morgan fingerprint density at radius 1 is 1.44 bits per heavy atom. The van der Waals surface area contributed by atoms with Gasteiger partial charge in [0.1, 0.15) is 0 Å². The molecule has 94 valence electrons. The van der Waals surface area contributed by atoms with Gasteiger partial charge in [0.15, 0.2) is 0 Å². The van der Waals surface area contributed by atoms with E-state index < -0.39 is 0 Å². The normalized spacial score (nSPS) is 18.2. The molecule has 1 amide bonds. The third kappa shape index (κ3) is 2.51. The summed E-state index contributed by atoms with van der Waals surface area (Å²) in [6, 6.07) is 5.99. The van der Waals surface area contributed by atoms with Crippen LogP contribution in [0.4, 0.5) is 0 Å². The Kier molecular flexibility index (Phi) is 3.33. The fourth-order valence-electron chi connectivity index (χ4n) is 2.09. The number of rotatable bonds is 1. The van der Waals surface area contributed by atoms with E-state index in [4.69, 9.17) is 5.26 Å². The maximum absolute atomic E-state index is 12.2. The first-order valence-electron chi connectivity index (χ1n) is 6.17. The molecule has 0 saturated carbocycles. The molecular formula is C14H17N3O. The molecule has 1 aromatic heterocycles. The largest absolute Gasteiger partial charge is 0.338 e. The minimum absolute atomic E-state index is 0.0162. The number of hydrogen-bond donors (Lipinski definition) is 0. The molecule has 0 N–H and O–H groups in total. The van der Waals surface area contributed by atoms with Crippen molar-refractivity contribution in [2.24, 2.45) is 5.41 Å². The first kappa shape index (κ1) is 12.6. The van der Waals surface area contributed by atoms with Gasteiger partial charge >= 0.3 is 0 Å². The zero-order chi connectivity index (χ0) is 13.2. The molecule has 0 aromatic carbocycles. The fraction of sp³-hybridized carbons (Fsp3) is 0.500. The number of carbonyl (C=O) groups is 1. The molecule has 0 atom stereocenters. The minimum Gasteiger partial charge on any atom is -0.338 e. The molecule has 18 heavy (non-hydrogen) atoms. The van der Waals surface area contributed by atoms with Crippen molar-refractivity contribution in [1.82, 2.24) is 9.88 Å². The second-order valence-electron chi connectivity index (χ2n) is 5.15. The Morgan fingerprint density at radius 3 is 2.61 bits per heavy atom. The van der Waals surface area contributed by atoms with Crippen molar-refractivity contribution < 1.29 is 4.79 Å². The van der Waals surface area contributed by atoms with Gasteiger partial charge in [-0.3, -0.25) is 9.78 Å². The molecule has 4 heteroatoms.